The molecule has 0 bridgehead atoms. The highest BCUT2D eigenvalue weighted by Gasteiger charge is 2.23. The van der Waals surface area contributed by atoms with Crippen molar-refractivity contribution in [1.29, 1.82) is 0 Å². The van der Waals surface area contributed by atoms with Gasteiger partial charge < -0.3 is 14.2 Å². The number of fused-ring (bicyclic) bond motifs is 1. The number of hydrogen-bond donors (Lipinski definition) is 0. The van der Waals surface area contributed by atoms with Crippen molar-refractivity contribution < 1.29 is 13.9 Å². The Bertz CT molecular complexity index is 1140. The highest BCUT2D eigenvalue weighted by atomic mass is 32.2. The van der Waals surface area contributed by atoms with E-state index in [1.165, 1.54) is 48.2 Å². The standard InChI is InChI=1S/C24H29FN4O2S2/c1-5-15-7-9-20-17(10-15)12-21(33-20)23-26-27-24(29(23)3)32-14-22(30)28(2)13-16-6-8-19(31-4)18(25)11-16/h6,8,11-12,15H,5,7,9-10,13-14H2,1-4H3. The van der Waals surface area contributed by atoms with Crippen molar-refractivity contribution in [2.24, 2.45) is 13.0 Å². The molecule has 0 saturated carbocycles. The summed E-state index contributed by atoms with van der Waals surface area (Å²) < 4.78 is 20.8. The number of carbonyl (C=O) groups excluding carboxylic acids is 1. The van der Waals surface area contributed by atoms with Gasteiger partial charge in [-0.2, -0.15) is 0 Å². The first-order valence-corrected chi connectivity index (χ1v) is 12.9. The van der Waals surface area contributed by atoms with Crippen molar-refractivity contribution in [1.82, 2.24) is 19.7 Å². The molecule has 2 heterocycles. The molecule has 1 aliphatic rings. The van der Waals surface area contributed by atoms with E-state index in [1.54, 1.807) is 24.1 Å². The Kier molecular flexibility index (Phi) is 7.38. The number of hydrogen-bond acceptors (Lipinski definition) is 6. The van der Waals surface area contributed by atoms with Crippen LogP contribution in [0.25, 0.3) is 10.7 Å². The molecule has 0 saturated heterocycles. The molecule has 6 nitrogen and oxygen atoms in total. The number of carbonyl (C=O) groups is 1. The molecule has 0 fully saturated rings. The van der Waals surface area contributed by atoms with Crippen LogP contribution in [0.4, 0.5) is 4.39 Å². The van der Waals surface area contributed by atoms with Gasteiger partial charge in [-0.1, -0.05) is 31.2 Å². The molecule has 1 unspecified atom stereocenters. The fraction of sp³-hybridized carbons (Fsp3) is 0.458. The zero-order valence-electron chi connectivity index (χ0n) is 19.4. The van der Waals surface area contributed by atoms with Crippen LogP contribution in [0, 0.1) is 11.7 Å². The minimum Gasteiger partial charge on any atom is -0.494 e. The van der Waals surface area contributed by atoms with Crippen LogP contribution in [0.2, 0.25) is 0 Å². The number of aryl methyl sites for hydroxylation is 1. The highest BCUT2D eigenvalue weighted by molar-refractivity contribution is 7.99. The zero-order valence-corrected chi connectivity index (χ0v) is 21.1. The summed E-state index contributed by atoms with van der Waals surface area (Å²) in [6, 6.07) is 7.00. The Morgan fingerprint density at radius 2 is 2.18 bits per heavy atom. The Balaban J connectivity index is 1.37. The van der Waals surface area contributed by atoms with Gasteiger partial charge in [0.15, 0.2) is 22.5 Å². The number of ether oxygens (including phenoxy) is 1. The number of rotatable bonds is 8. The molecule has 0 N–H and O–H groups in total. The van der Waals surface area contributed by atoms with Gasteiger partial charge in [0.1, 0.15) is 0 Å². The number of halogens is 1. The van der Waals surface area contributed by atoms with Crippen LogP contribution in [0.15, 0.2) is 29.4 Å². The Morgan fingerprint density at radius 3 is 2.91 bits per heavy atom. The molecule has 176 valence electrons. The lowest BCUT2D eigenvalue weighted by Crippen LogP contribution is -2.28. The minimum absolute atomic E-state index is 0.0574. The van der Waals surface area contributed by atoms with Crippen LogP contribution in [0.3, 0.4) is 0 Å². The molecule has 0 spiro atoms. The van der Waals surface area contributed by atoms with Crippen LogP contribution >= 0.6 is 23.1 Å². The lowest BCUT2D eigenvalue weighted by atomic mass is 9.87. The molecule has 1 aromatic carbocycles. The zero-order chi connectivity index (χ0) is 23.5. The lowest BCUT2D eigenvalue weighted by molar-refractivity contribution is -0.127. The maximum atomic E-state index is 13.9. The van der Waals surface area contributed by atoms with Crippen molar-refractivity contribution in [2.45, 2.75) is 44.3 Å². The predicted molar refractivity (Wildman–Crippen MR) is 130 cm³/mol. The van der Waals surface area contributed by atoms with Crippen LogP contribution in [0.5, 0.6) is 5.75 Å². The molecule has 1 atom stereocenters. The average molecular weight is 489 g/mol. The van der Waals surface area contributed by atoms with E-state index in [2.05, 4.69) is 23.2 Å². The molecule has 33 heavy (non-hydrogen) atoms. The van der Waals surface area contributed by atoms with Gasteiger partial charge in [0.05, 0.1) is 17.7 Å². The van der Waals surface area contributed by atoms with Gasteiger partial charge in [-0.05, 0) is 54.5 Å². The van der Waals surface area contributed by atoms with Gasteiger partial charge in [0, 0.05) is 25.5 Å². The van der Waals surface area contributed by atoms with Crippen LogP contribution < -0.4 is 4.74 Å². The summed E-state index contributed by atoms with van der Waals surface area (Å²) in [5.41, 5.74) is 2.17. The SMILES string of the molecule is CCC1CCc2sc(-c3nnc(SCC(=O)N(C)Cc4ccc(OC)c(F)c4)n3C)cc2C1. The van der Waals surface area contributed by atoms with E-state index in [4.69, 9.17) is 4.74 Å². The topological polar surface area (TPSA) is 60.3 Å². The third-order valence-electron chi connectivity index (χ3n) is 6.20. The van der Waals surface area contributed by atoms with E-state index < -0.39 is 5.82 Å². The molecule has 1 aliphatic carbocycles. The fourth-order valence-corrected chi connectivity index (χ4v) is 6.20. The van der Waals surface area contributed by atoms with Gasteiger partial charge >= 0.3 is 0 Å². The quantitative estimate of drug-likeness (QED) is 0.420. The van der Waals surface area contributed by atoms with Gasteiger partial charge in [0.2, 0.25) is 5.91 Å². The Hall–Kier alpha value is -2.39. The monoisotopic (exact) mass is 488 g/mol. The van der Waals surface area contributed by atoms with Gasteiger partial charge in [-0.3, -0.25) is 4.79 Å². The highest BCUT2D eigenvalue weighted by Crippen LogP contribution is 2.38. The smallest absolute Gasteiger partial charge is 0.233 e. The van der Waals surface area contributed by atoms with E-state index in [1.807, 2.05) is 23.0 Å². The summed E-state index contributed by atoms with van der Waals surface area (Å²) in [6.45, 7) is 2.59. The van der Waals surface area contributed by atoms with E-state index in [0.29, 0.717) is 17.3 Å². The summed E-state index contributed by atoms with van der Waals surface area (Å²) in [7, 11) is 5.09. The molecular formula is C24H29FN4O2S2. The van der Waals surface area contributed by atoms with Crippen LogP contribution in [-0.4, -0.2) is 45.5 Å². The first-order chi connectivity index (χ1) is 15.9. The molecule has 0 radical (unpaired) electrons. The second kappa shape index (κ2) is 10.3. The molecule has 3 aromatic rings. The molecule has 9 heteroatoms. The number of amides is 1. The fourth-order valence-electron chi connectivity index (χ4n) is 4.12. The Labute approximate surface area is 202 Å². The van der Waals surface area contributed by atoms with Crippen molar-refractivity contribution in [2.75, 3.05) is 19.9 Å². The van der Waals surface area contributed by atoms with Crippen LogP contribution in [0.1, 0.15) is 35.8 Å². The van der Waals surface area contributed by atoms with Gasteiger partial charge in [-0.15, -0.1) is 21.5 Å². The summed E-state index contributed by atoms with van der Waals surface area (Å²) in [5.74, 6) is 1.57. The van der Waals surface area contributed by atoms with Crippen molar-refractivity contribution in [3.05, 3.63) is 46.1 Å². The first kappa shape index (κ1) is 23.8. The van der Waals surface area contributed by atoms with Gasteiger partial charge in [-0.25, -0.2) is 4.39 Å². The summed E-state index contributed by atoms with van der Waals surface area (Å²) in [6.07, 6.45) is 4.80. The number of nitrogens with zero attached hydrogens (tertiary/aromatic N) is 4. The lowest BCUT2D eigenvalue weighted by Gasteiger charge is -2.19. The Morgan fingerprint density at radius 1 is 1.36 bits per heavy atom. The van der Waals surface area contributed by atoms with Crippen molar-refractivity contribution in [3.8, 4) is 16.5 Å². The van der Waals surface area contributed by atoms with Gasteiger partial charge in [0.25, 0.3) is 0 Å². The second-order valence-corrected chi connectivity index (χ2v) is 10.5. The van der Waals surface area contributed by atoms with Crippen LogP contribution in [-0.2, 0) is 31.2 Å². The number of thioether (sulfide) groups is 1. The molecular weight excluding hydrogens is 459 g/mol. The van der Waals surface area contributed by atoms with E-state index >= 15 is 0 Å². The average Bonchev–Trinajstić information content (AvgIpc) is 3.39. The number of aromatic nitrogens is 3. The predicted octanol–water partition coefficient (Wildman–Crippen LogP) is 4.96. The normalized spacial score (nSPS) is 15.4. The number of methoxy groups -OCH3 is 1. The first-order valence-electron chi connectivity index (χ1n) is 11.1. The second-order valence-electron chi connectivity index (χ2n) is 8.45. The third kappa shape index (κ3) is 5.24. The maximum absolute atomic E-state index is 13.9. The summed E-state index contributed by atoms with van der Waals surface area (Å²) in [5, 5.41) is 9.44. The van der Waals surface area contributed by atoms with E-state index in [-0.39, 0.29) is 17.4 Å². The third-order valence-corrected chi connectivity index (χ3v) is 8.44. The molecule has 4 rings (SSSR count). The minimum atomic E-state index is -0.433. The molecule has 2 aromatic heterocycles. The largest absolute Gasteiger partial charge is 0.494 e. The summed E-state index contributed by atoms with van der Waals surface area (Å²) in [4.78, 5) is 16.8. The van der Waals surface area contributed by atoms with Crippen molar-refractivity contribution >= 4 is 29.0 Å². The van der Waals surface area contributed by atoms with E-state index in [9.17, 15) is 9.18 Å². The van der Waals surface area contributed by atoms with E-state index in [0.717, 1.165) is 29.5 Å². The number of thiophene rings is 1. The number of benzene rings is 1. The summed E-state index contributed by atoms with van der Waals surface area (Å²) >= 11 is 3.18. The molecule has 0 aliphatic heterocycles. The maximum Gasteiger partial charge on any atom is 0.233 e. The molecule has 1 amide bonds. The van der Waals surface area contributed by atoms with Crippen molar-refractivity contribution in [3.63, 3.8) is 0 Å².